The quantitative estimate of drug-likeness (QED) is 0.267. The average Bonchev–Trinajstić information content (AvgIpc) is 2.44. The van der Waals surface area contributed by atoms with Crippen LogP contribution in [0.2, 0.25) is 0 Å². The molecule has 1 rings (SSSR count). The Hall–Kier alpha value is -0.150. The summed E-state index contributed by atoms with van der Waals surface area (Å²) in [6.07, 6.45) is 7.00. The number of halogens is 1. The first kappa shape index (κ1) is 14.8. The van der Waals surface area contributed by atoms with Crippen molar-refractivity contribution in [2.24, 2.45) is 7.05 Å². The van der Waals surface area contributed by atoms with Crippen LogP contribution in [-0.4, -0.2) is 23.3 Å². The van der Waals surface area contributed by atoms with E-state index in [0.717, 1.165) is 13.0 Å². The molecule has 7 heteroatoms. The summed E-state index contributed by atoms with van der Waals surface area (Å²) in [5.41, 5.74) is 0. The lowest BCUT2D eigenvalue weighted by Gasteiger charge is -1.96. The van der Waals surface area contributed by atoms with Gasteiger partial charge >= 0.3 is 0 Å². The Morgan fingerprint density at radius 3 is 2.53 bits per heavy atom. The van der Waals surface area contributed by atoms with Gasteiger partial charge in [0, 0.05) is 0 Å². The molecule has 0 saturated heterocycles. The molecule has 1 aromatic heterocycles. The fourth-order valence-corrected chi connectivity index (χ4v) is 1.78. The SMILES string of the molecule is C[n+]1ccn(CCCCS(=O)(=O)O)c1.[I-]. The molecule has 5 nitrogen and oxygen atoms in total. The zero-order valence-electron chi connectivity index (χ0n) is 8.50. The minimum atomic E-state index is -3.79. The highest BCUT2D eigenvalue weighted by atomic mass is 127. The number of aryl methyl sites for hydroxylation is 2. The van der Waals surface area contributed by atoms with E-state index in [1.165, 1.54) is 0 Å². The van der Waals surface area contributed by atoms with Crippen LogP contribution in [0.3, 0.4) is 0 Å². The van der Waals surface area contributed by atoms with Gasteiger partial charge < -0.3 is 24.0 Å². The number of hydrogen-bond donors (Lipinski definition) is 1. The molecular formula is C8H15IN2O3S. The van der Waals surface area contributed by atoms with Crippen LogP contribution in [0.25, 0.3) is 0 Å². The fraction of sp³-hybridized carbons (Fsp3) is 0.625. The Kier molecular flexibility index (Phi) is 6.37. The summed E-state index contributed by atoms with van der Waals surface area (Å²) in [5, 5.41) is 0. The summed E-state index contributed by atoms with van der Waals surface area (Å²) in [4.78, 5) is 0. The molecule has 0 aliphatic rings. The van der Waals surface area contributed by atoms with Crippen molar-refractivity contribution in [3.8, 4) is 0 Å². The third-order valence-electron chi connectivity index (χ3n) is 1.89. The number of imidazole rings is 1. The lowest BCUT2D eigenvalue weighted by atomic mass is 10.3. The molecular weight excluding hydrogens is 331 g/mol. The van der Waals surface area contributed by atoms with E-state index in [1.54, 1.807) is 0 Å². The third-order valence-corrected chi connectivity index (χ3v) is 2.70. The number of hydrogen-bond acceptors (Lipinski definition) is 2. The topological polar surface area (TPSA) is 63.2 Å². The first-order valence-electron chi connectivity index (χ1n) is 4.43. The van der Waals surface area contributed by atoms with Crippen LogP contribution in [0.1, 0.15) is 12.8 Å². The predicted molar refractivity (Wildman–Crippen MR) is 51.3 cm³/mol. The van der Waals surface area contributed by atoms with E-state index in [2.05, 4.69) is 0 Å². The van der Waals surface area contributed by atoms with E-state index in [9.17, 15) is 8.42 Å². The molecule has 0 amide bonds. The molecule has 0 radical (unpaired) electrons. The second-order valence-corrected chi connectivity index (χ2v) is 4.88. The van der Waals surface area contributed by atoms with Crippen LogP contribution in [0.15, 0.2) is 18.7 Å². The molecule has 15 heavy (non-hydrogen) atoms. The standard InChI is InChI=1S/C8H14N2O3S.HI/c1-9-5-6-10(8-9)4-2-3-7-14(11,12)13;/h5-6,8H,2-4,7H2,1H3;1H. The number of aromatic nitrogens is 2. The molecule has 1 N–H and O–H groups in total. The minimum Gasteiger partial charge on any atom is -1.00 e. The first-order valence-corrected chi connectivity index (χ1v) is 6.04. The Morgan fingerprint density at radius 2 is 2.07 bits per heavy atom. The van der Waals surface area contributed by atoms with Crippen molar-refractivity contribution in [2.45, 2.75) is 19.4 Å². The maximum absolute atomic E-state index is 10.4. The van der Waals surface area contributed by atoms with Crippen LogP contribution >= 0.6 is 0 Å². The molecule has 0 aliphatic heterocycles. The van der Waals surface area contributed by atoms with Crippen LogP contribution in [0, 0.1) is 0 Å². The van der Waals surface area contributed by atoms with Gasteiger partial charge in [-0.3, -0.25) is 4.55 Å². The zero-order valence-corrected chi connectivity index (χ0v) is 11.5. The molecule has 1 heterocycles. The molecule has 0 atom stereocenters. The Balaban J connectivity index is 0.00000196. The third kappa shape index (κ3) is 6.85. The van der Waals surface area contributed by atoms with E-state index >= 15 is 0 Å². The van der Waals surface area contributed by atoms with Crippen molar-refractivity contribution in [3.05, 3.63) is 18.7 Å². The summed E-state index contributed by atoms with van der Waals surface area (Å²) in [5.74, 6) is -0.152. The van der Waals surface area contributed by atoms with Crippen molar-refractivity contribution in [1.29, 1.82) is 0 Å². The van der Waals surface area contributed by atoms with Crippen LogP contribution in [0.5, 0.6) is 0 Å². The van der Waals surface area contributed by atoms with Gasteiger partial charge in [0.15, 0.2) is 0 Å². The molecule has 0 unspecified atom stereocenters. The van der Waals surface area contributed by atoms with Crippen molar-refractivity contribution >= 4 is 10.1 Å². The van der Waals surface area contributed by atoms with Crippen molar-refractivity contribution in [1.82, 2.24) is 4.57 Å². The van der Waals surface area contributed by atoms with E-state index < -0.39 is 10.1 Å². The second kappa shape index (κ2) is 6.44. The summed E-state index contributed by atoms with van der Waals surface area (Å²) in [7, 11) is -1.86. The van der Waals surface area contributed by atoms with Crippen molar-refractivity contribution < 1.29 is 41.5 Å². The van der Waals surface area contributed by atoms with Gasteiger partial charge in [-0.25, -0.2) is 9.13 Å². The molecule has 0 bridgehead atoms. The predicted octanol–water partition coefficient (Wildman–Crippen LogP) is -3.02. The molecule has 0 aromatic carbocycles. The van der Waals surface area contributed by atoms with Crippen LogP contribution in [-0.2, 0) is 23.7 Å². The molecule has 0 aliphatic carbocycles. The summed E-state index contributed by atoms with van der Waals surface area (Å²) >= 11 is 0. The van der Waals surface area contributed by atoms with Crippen LogP contribution in [0.4, 0.5) is 0 Å². The maximum Gasteiger partial charge on any atom is 0.264 e. The van der Waals surface area contributed by atoms with Crippen molar-refractivity contribution in [2.75, 3.05) is 5.75 Å². The van der Waals surface area contributed by atoms with Crippen LogP contribution < -0.4 is 28.5 Å². The number of nitrogens with zero attached hydrogens (tertiary/aromatic N) is 2. The highest BCUT2D eigenvalue weighted by Crippen LogP contribution is 1.97. The first-order chi connectivity index (χ1) is 6.47. The molecule has 1 aromatic rings. The number of rotatable bonds is 5. The van der Waals surface area contributed by atoms with Gasteiger partial charge in [0.25, 0.3) is 10.1 Å². The van der Waals surface area contributed by atoms with Gasteiger partial charge in [0.05, 0.1) is 19.3 Å². The zero-order chi connectivity index (χ0) is 10.6. The molecule has 0 spiro atoms. The van der Waals surface area contributed by atoms with E-state index in [-0.39, 0.29) is 29.7 Å². The largest absolute Gasteiger partial charge is 1.00 e. The lowest BCUT2D eigenvalue weighted by molar-refractivity contribution is -0.671. The summed E-state index contributed by atoms with van der Waals surface area (Å²) in [6.45, 7) is 0.774. The second-order valence-electron chi connectivity index (χ2n) is 3.31. The van der Waals surface area contributed by atoms with Gasteiger partial charge in [-0.05, 0) is 12.8 Å². The summed E-state index contributed by atoms with van der Waals surface area (Å²) in [6, 6.07) is 0. The molecule has 0 saturated carbocycles. The Bertz CT molecular complexity index is 388. The van der Waals surface area contributed by atoms with E-state index in [0.29, 0.717) is 6.42 Å². The highest BCUT2D eigenvalue weighted by Gasteiger charge is 2.05. The van der Waals surface area contributed by atoms with Gasteiger partial charge in [0.1, 0.15) is 12.4 Å². The minimum absolute atomic E-state index is 0. The average molecular weight is 346 g/mol. The van der Waals surface area contributed by atoms with Gasteiger partial charge in [-0.15, -0.1) is 0 Å². The van der Waals surface area contributed by atoms with Gasteiger partial charge in [-0.2, -0.15) is 8.42 Å². The Morgan fingerprint density at radius 1 is 1.40 bits per heavy atom. The maximum atomic E-state index is 10.4. The molecule has 88 valence electrons. The lowest BCUT2D eigenvalue weighted by Crippen LogP contribution is -3.00. The monoisotopic (exact) mass is 346 g/mol. The van der Waals surface area contributed by atoms with Crippen molar-refractivity contribution in [3.63, 3.8) is 0 Å². The highest BCUT2D eigenvalue weighted by molar-refractivity contribution is 7.85. The number of unbranched alkanes of at least 4 members (excludes halogenated alkanes) is 1. The van der Waals surface area contributed by atoms with Gasteiger partial charge in [0.2, 0.25) is 6.33 Å². The Labute approximate surface area is 107 Å². The van der Waals surface area contributed by atoms with Gasteiger partial charge in [-0.1, -0.05) is 0 Å². The van der Waals surface area contributed by atoms with E-state index in [1.807, 2.05) is 34.9 Å². The normalized spacial score (nSPS) is 11.1. The summed E-state index contributed by atoms with van der Waals surface area (Å²) < 4.78 is 33.2. The van der Waals surface area contributed by atoms with E-state index in [4.69, 9.17) is 4.55 Å². The fourth-order valence-electron chi connectivity index (χ4n) is 1.21. The smallest absolute Gasteiger partial charge is 0.264 e. The molecule has 0 fully saturated rings.